The lowest BCUT2D eigenvalue weighted by molar-refractivity contribution is -0.138. The van der Waals surface area contributed by atoms with E-state index in [0.29, 0.717) is 37.9 Å². The fraction of sp³-hybridized carbons (Fsp3) is 0.650. The molecule has 3 atom stereocenters. The monoisotopic (exact) mass is 453 g/mol. The van der Waals surface area contributed by atoms with Gasteiger partial charge in [0.15, 0.2) is 0 Å². The fourth-order valence-corrected chi connectivity index (χ4v) is 3.03. The third-order valence-electron chi connectivity index (χ3n) is 4.67. The summed E-state index contributed by atoms with van der Waals surface area (Å²) in [6.45, 7) is 3.63. The first kappa shape index (κ1) is 27.0. The van der Waals surface area contributed by atoms with Crippen molar-refractivity contribution in [2.45, 2.75) is 64.1 Å². The number of imidazole rings is 1. The molecule has 3 amide bonds. The summed E-state index contributed by atoms with van der Waals surface area (Å²) in [4.78, 5) is 55.4. The van der Waals surface area contributed by atoms with Crippen molar-refractivity contribution in [1.29, 1.82) is 0 Å². The van der Waals surface area contributed by atoms with Crippen molar-refractivity contribution >= 4 is 23.7 Å². The van der Waals surface area contributed by atoms with E-state index in [4.69, 9.17) is 16.6 Å². The number of aliphatic carboxylic acids is 1. The van der Waals surface area contributed by atoms with Crippen molar-refractivity contribution in [3.63, 3.8) is 0 Å². The summed E-state index contributed by atoms with van der Waals surface area (Å²) in [5, 5.41) is 16.4. The van der Waals surface area contributed by atoms with Crippen LogP contribution in [0.5, 0.6) is 0 Å². The number of nitrogens with zero attached hydrogens (tertiary/aromatic N) is 1. The normalized spacial score (nSPS) is 13.8. The van der Waals surface area contributed by atoms with Crippen molar-refractivity contribution in [1.82, 2.24) is 25.9 Å². The number of unbranched alkanes of at least 4 members (excludes halogenated alkanes) is 1. The molecule has 1 aromatic rings. The number of carboxylic acid groups (broad SMARTS) is 1. The first-order valence-electron chi connectivity index (χ1n) is 10.7. The molecule has 12 heteroatoms. The number of rotatable bonds is 15. The molecule has 3 unspecified atom stereocenters. The van der Waals surface area contributed by atoms with Crippen molar-refractivity contribution in [2.24, 2.45) is 17.4 Å². The Bertz CT molecular complexity index is 739. The molecule has 0 spiro atoms. The first-order valence-corrected chi connectivity index (χ1v) is 10.7. The van der Waals surface area contributed by atoms with Gasteiger partial charge in [-0.05, 0) is 38.1 Å². The van der Waals surface area contributed by atoms with Crippen LogP contribution in [-0.2, 0) is 25.6 Å². The number of hydrogen-bond acceptors (Lipinski definition) is 7. The highest BCUT2D eigenvalue weighted by molar-refractivity contribution is 5.93. The summed E-state index contributed by atoms with van der Waals surface area (Å²) < 4.78 is 0. The van der Waals surface area contributed by atoms with E-state index in [9.17, 15) is 19.2 Å². The van der Waals surface area contributed by atoms with E-state index in [1.165, 1.54) is 6.33 Å². The number of nitrogens with one attached hydrogen (secondary N) is 4. The Morgan fingerprint density at radius 3 is 2.34 bits per heavy atom. The van der Waals surface area contributed by atoms with E-state index >= 15 is 0 Å². The van der Waals surface area contributed by atoms with Gasteiger partial charge in [-0.3, -0.25) is 19.2 Å². The van der Waals surface area contributed by atoms with E-state index in [1.54, 1.807) is 6.20 Å². The zero-order valence-electron chi connectivity index (χ0n) is 18.6. The predicted octanol–water partition coefficient (Wildman–Crippen LogP) is -1.37. The lowest BCUT2D eigenvalue weighted by Crippen LogP contribution is -2.56. The molecular formula is C20H35N7O5. The average molecular weight is 454 g/mol. The first-order chi connectivity index (χ1) is 15.1. The minimum atomic E-state index is -1.19. The quantitative estimate of drug-likeness (QED) is 0.157. The predicted molar refractivity (Wildman–Crippen MR) is 117 cm³/mol. The van der Waals surface area contributed by atoms with Crippen molar-refractivity contribution in [2.75, 3.05) is 13.1 Å². The van der Waals surface area contributed by atoms with Gasteiger partial charge in [-0.15, -0.1) is 0 Å². The lowest BCUT2D eigenvalue weighted by Gasteiger charge is -2.25. The van der Waals surface area contributed by atoms with Gasteiger partial charge < -0.3 is 37.5 Å². The third-order valence-corrected chi connectivity index (χ3v) is 4.67. The Labute approximate surface area is 187 Å². The van der Waals surface area contributed by atoms with Gasteiger partial charge in [0.1, 0.15) is 18.6 Å². The zero-order valence-corrected chi connectivity index (χ0v) is 18.6. The smallest absolute Gasteiger partial charge is 0.322 e. The van der Waals surface area contributed by atoms with Gasteiger partial charge in [-0.2, -0.15) is 0 Å². The van der Waals surface area contributed by atoms with Crippen LogP contribution in [0.15, 0.2) is 12.5 Å². The maximum absolute atomic E-state index is 12.9. The van der Waals surface area contributed by atoms with Gasteiger partial charge in [0.25, 0.3) is 0 Å². The number of aromatic nitrogens is 2. The molecule has 0 saturated carbocycles. The number of nitrogens with two attached hydrogens (primary N) is 2. The van der Waals surface area contributed by atoms with E-state index in [-0.39, 0.29) is 12.3 Å². The van der Waals surface area contributed by atoms with Crippen LogP contribution in [-0.4, -0.2) is 70.0 Å². The summed E-state index contributed by atoms with van der Waals surface area (Å²) in [7, 11) is 0. The molecule has 0 aliphatic carbocycles. The molecule has 0 aliphatic rings. The number of carboxylic acids is 1. The van der Waals surface area contributed by atoms with Crippen LogP contribution in [0.4, 0.5) is 0 Å². The molecule has 0 saturated heterocycles. The molecule has 1 aromatic heterocycles. The van der Waals surface area contributed by atoms with Gasteiger partial charge in [0, 0.05) is 18.3 Å². The van der Waals surface area contributed by atoms with Crippen molar-refractivity contribution in [3.8, 4) is 0 Å². The summed E-state index contributed by atoms with van der Waals surface area (Å²) in [5.74, 6) is -2.78. The molecular weight excluding hydrogens is 418 g/mol. The number of hydrogen-bond donors (Lipinski definition) is 7. The standard InChI is InChI=1S/C20H35N7O5/c1-12(2)7-16(19(31)24-10-17(28)29)27-20(32)15(5-3-4-6-21)26-18(30)14(22)8-13-9-23-11-25-13/h9,11-12,14-16H,3-8,10,21-22H2,1-2H3,(H,23,25)(H,24,31)(H,26,30)(H,27,32)(H,28,29). The van der Waals surface area contributed by atoms with Crippen LogP contribution in [0, 0.1) is 5.92 Å². The SMILES string of the molecule is CC(C)CC(NC(=O)C(CCCCN)NC(=O)C(N)Cc1cnc[nH]1)C(=O)NCC(=O)O. The largest absolute Gasteiger partial charge is 0.480 e. The van der Waals surface area contributed by atoms with Crippen LogP contribution in [0.25, 0.3) is 0 Å². The van der Waals surface area contributed by atoms with E-state index in [0.717, 1.165) is 0 Å². The lowest BCUT2D eigenvalue weighted by atomic mass is 10.0. The summed E-state index contributed by atoms with van der Waals surface area (Å²) in [6, 6.07) is -2.75. The van der Waals surface area contributed by atoms with Crippen molar-refractivity contribution < 1.29 is 24.3 Å². The Balaban J connectivity index is 2.83. The van der Waals surface area contributed by atoms with Crippen LogP contribution in [0.1, 0.15) is 45.2 Å². The number of carbonyl (C=O) groups excluding carboxylic acids is 3. The maximum atomic E-state index is 12.9. The molecule has 0 aliphatic heterocycles. The third kappa shape index (κ3) is 10.4. The van der Waals surface area contributed by atoms with Crippen LogP contribution in [0.3, 0.4) is 0 Å². The second-order valence-corrected chi connectivity index (χ2v) is 8.04. The average Bonchev–Trinajstić information content (AvgIpc) is 3.23. The molecule has 0 bridgehead atoms. The van der Waals surface area contributed by atoms with Crippen LogP contribution in [0.2, 0.25) is 0 Å². The zero-order chi connectivity index (χ0) is 24.1. The van der Waals surface area contributed by atoms with Gasteiger partial charge in [0.2, 0.25) is 17.7 Å². The Morgan fingerprint density at radius 1 is 1.09 bits per heavy atom. The molecule has 180 valence electrons. The van der Waals surface area contributed by atoms with Gasteiger partial charge >= 0.3 is 5.97 Å². The molecule has 0 fully saturated rings. The van der Waals surface area contributed by atoms with Crippen LogP contribution >= 0.6 is 0 Å². The second kappa shape index (κ2) is 14.1. The Hall–Kier alpha value is -2.99. The Morgan fingerprint density at radius 2 is 1.78 bits per heavy atom. The Kier molecular flexibility index (Phi) is 12.0. The highest BCUT2D eigenvalue weighted by atomic mass is 16.4. The minimum Gasteiger partial charge on any atom is -0.480 e. The molecule has 0 aromatic carbocycles. The summed E-state index contributed by atoms with van der Waals surface area (Å²) in [5.41, 5.74) is 12.2. The fourth-order valence-electron chi connectivity index (χ4n) is 3.03. The molecule has 9 N–H and O–H groups in total. The molecule has 32 heavy (non-hydrogen) atoms. The van der Waals surface area contributed by atoms with E-state index < -0.39 is 48.4 Å². The minimum absolute atomic E-state index is 0.0592. The second-order valence-electron chi connectivity index (χ2n) is 8.04. The molecule has 1 rings (SSSR count). The van der Waals surface area contributed by atoms with Gasteiger partial charge in [-0.25, -0.2) is 4.98 Å². The van der Waals surface area contributed by atoms with E-state index in [2.05, 4.69) is 25.9 Å². The molecule has 1 heterocycles. The molecule has 12 nitrogen and oxygen atoms in total. The maximum Gasteiger partial charge on any atom is 0.322 e. The number of aromatic amines is 1. The highest BCUT2D eigenvalue weighted by Gasteiger charge is 2.28. The number of H-pyrrole nitrogens is 1. The number of amides is 3. The summed E-state index contributed by atoms with van der Waals surface area (Å²) >= 11 is 0. The van der Waals surface area contributed by atoms with E-state index in [1.807, 2.05) is 13.8 Å². The van der Waals surface area contributed by atoms with Gasteiger partial charge in [0.05, 0.1) is 12.4 Å². The number of carbonyl (C=O) groups is 4. The topological polar surface area (TPSA) is 205 Å². The van der Waals surface area contributed by atoms with Crippen LogP contribution < -0.4 is 27.4 Å². The highest BCUT2D eigenvalue weighted by Crippen LogP contribution is 2.08. The van der Waals surface area contributed by atoms with Gasteiger partial charge in [-0.1, -0.05) is 13.8 Å². The molecule has 0 radical (unpaired) electrons. The van der Waals surface area contributed by atoms with Crippen molar-refractivity contribution in [3.05, 3.63) is 18.2 Å². The summed E-state index contributed by atoms with van der Waals surface area (Å²) in [6.07, 6.45) is 5.13.